The fraction of sp³-hybridized carbons (Fsp3) is 0.233. The van der Waals surface area contributed by atoms with E-state index in [0.29, 0.717) is 29.6 Å². The van der Waals surface area contributed by atoms with Crippen molar-refractivity contribution >= 4 is 34.6 Å². The molecule has 43 heavy (non-hydrogen) atoms. The van der Waals surface area contributed by atoms with Crippen molar-refractivity contribution in [2.45, 2.75) is 32.5 Å². The summed E-state index contributed by atoms with van der Waals surface area (Å²) in [6, 6.07) is 19.9. The van der Waals surface area contributed by atoms with E-state index in [0.717, 1.165) is 22.4 Å². The summed E-state index contributed by atoms with van der Waals surface area (Å²) in [5, 5.41) is 7.56. The summed E-state index contributed by atoms with van der Waals surface area (Å²) in [5.74, 6) is 0.431. The second kappa shape index (κ2) is 12.7. The molecule has 1 aliphatic rings. The molecule has 1 fully saturated rings. The average Bonchev–Trinajstić information content (AvgIpc) is 3.60. The molecule has 0 radical (unpaired) electrons. The van der Waals surface area contributed by atoms with Gasteiger partial charge in [-0.1, -0.05) is 68.1 Å². The van der Waals surface area contributed by atoms with Gasteiger partial charge in [0.25, 0.3) is 0 Å². The Morgan fingerprint density at radius 2 is 1.79 bits per heavy atom. The number of benzene rings is 3. The fourth-order valence-electron chi connectivity index (χ4n) is 4.44. The highest BCUT2D eigenvalue weighted by molar-refractivity contribution is 8.15. The van der Waals surface area contributed by atoms with Crippen molar-refractivity contribution in [2.24, 2.45) is 4.99 Å². The van der Waals surface area contributed by atoms with E-state index in [9.17, 15) is 22.8 Å². The number of anilines is 1. The molecule has 1 N–H and O–H groups in total. The Morgan fingerprint density at radius 1 is 1.07 bits per heavy atom. The van der Waals surface area contributed by atoms with Crippen LogP contribution in [0.25, 0.3) is 17.1 Å². The molecule has 0 aliphatic carbocycles. The van der Waals surface area contributed by atoms with E-state index in [1.807, 2.05) is 48.5 Å². The first kappa shape index (κ1) is 29.8. The van der Waals surface area contributed by atoms with Crippen LogP contribution >= 0.6 is 11.8 Å². The van der Waals surface area contributed by atoms with Gasteiger partial charge in [-0.15, -0.1) is 18.3 Å². The van der Waals surface area contributed by atoms with Crippen LogP contribution in [0.3, 0.4) is 0 Å². The molecule has 3 aromatic carbocycles. The molecule has 1 aromatic heterocycles. The zero-order chi connectivity index (χ0) is 30.6. The van der Waals surface area contributed by atoms with Crippen LogP contribution in [0.2, 0.25) is 0 Å². The lowest BCUT2D eigenvalue weighted by molar-refractivity contribution is -0.274. The molecule has 0 atom stereocenters. The highest BCUT2D eigenvalue weighted by atomic mass is 32.2. The summed E-state index contributed by atoms with van der Waals surface area (Å²) in [7, 11) is 0. The first-order chi connectivity index (χ1) is 20.6. The summed E-state index contributed by atoms with van der Waals surface area (Å²) in [6.07, 6.45) is -2.73. The number of urea groups is 1. The van der Waals surface area contributed by atoms with E-state index >= 15 is 0 Å². The average molecular weight is 609 g/mol. The number of amides is 3. The Hall–Kier alpha value is -4.65. The zero-order valence-corrected chi connectivity index (χ0v) is 24.0. The zero-order valence-electron chi connectivity index (χ0n) is 23.2. The third-order valence-corrected chi connectivity index (χ3v) is 7.41. The summed E-state index contributed by atoms with van der Waals surface area (Å²) in [5.41, 5.74) is 3.99. The van der Waals surface area contributed by atoms with Gasteiger partial charge in [0.05, 0.1) is 17.1 Å². The van der Waals surface area contributed by atoms with Gasteiger partial charge in [0.2, 0.25) is 5.91 Å². The molecule has 0 unspecified atom stereocenters. The van der Waals surface area contributed by atoms with Crippen LogP contribution in [0.5, 0.6) is 5.75 Å². The minimum Gasteiger partial charge on any atom is -0.406 e. The molecule has 13 heteroatoms. The van der Waals surface area contributed by atoms with Gasteiger partial charge in [-0.25, -0.2) is 14.5 Å². The van der Waals surface area contributed by atoms with E-state index in [1.54, 1.807) is 0 Å². The maximum Gasteiger partial charge on any atom is 0.573 e. The second-order valence-corrected chi connectivity index (χ2v) is 10.8. The smallest absolute Gasteiger partial charge is 0.406 e. The Kier molecular flexibility index (Phi) is 8.81. The lowest BCUT2D eigenvalue weighted by atomic mass is 10.0. The van der Waals surface area contributed by atoms with Crippen molar-refractivity contribution in [3.05, 3.63) is 90.3 Å². The number of halogens is 3. The van der Waals surface area contributed by atoms with Crippen LogP contribution in [0.4, 0.5) is 23.7 Å². The maximum atomic E-state index is 12.6. The number of nitrogens with zero attached hydrogens (tertiary/aromatic N) is 5. The van der Waals surface area contributed by atoms with Crippen molar-refractivity contribution in [1.29, 1.82) is 0 Å². The van der Waals surface area contributed by atoms with Crippen LogP contribution in [0.15, 0.2) is 84.1 Å². The SMILES string of the molecule is CC(C)c1ccccc1N1C(=O)CSC1=NC(=O)NCCc1ccc(-c2ncn(-c3ccc(OC(F)(F)F)cc3)n2)cc1. The number of thioether (sulfide) groups is 1. The molecule has 0 saturated carbocycles. The quantitative estimate of drug-likeness (QED) is 0.250. The van der Waals surface area contributed by atoms with Gasteiger partial charge in [0.15, 0.2) is 11.0 Å². The van der Waals surface area contributed by atoms with Crippen LogP contribution < -0.4 is 15.0 Å². The number of carbonyl (C=O) groups is 2. The number of nitrogens with one attached hydrogen (secondary N) is 1. The maximum absolute atomic E-state index is 12.6. The Bertz CT molecular complexity index is 1640. The predicted octanol–water partition coefficient (Wildman–Crippen LogP) is 6.34. The Balaban J connectivity index is 1.16. The van der Waals surface area contributed by atoms with Crippen molar-refractivity contribution < 1.29 is 27.5 Å². The topological polar surface area (TPSA) is 102 Å². The molecule has 2 heterocycles. The lowest BCUT2D eigenvalue weighted by Gasteiger charge is -2.21. The summed E-state index contributed by atoms with van der Waals surface area (Å²) in [4.78, 5) is 35.2. The van der Waals surface area contributed by atoms with Gasteiger partial charge in [0, 0.05) is 12.1 Å². The van der Waals surface area contributed by atoms with Gasteiger partial charge in [-0.05, 0) is 53.8 Å². The number of alkyl halides is 3. The van der Waals surface area contributed by atoms with Gasteiger partial charge >= 0.3 is 12.4 Å². The standard InChI is InChI=1S/C30H27F3N6O3S/c1-19(2)24-5-3-4-6-25(24)39-26(40)17-43-29(39)36-28(41)34-16-15-20-7-9-21(10-8-20)27-35-18-38(37-27)22-11-13-23(14-12-22)42-30(31,32)33/h3-14,18-19H,15-17H2,1-2H3,(H,34,41). The molecule has 3 amide bonds. The molecule has 0 bridgehead atoms. The van der Waals surface area contributed by atoms with Crippen LogP contribution in [-0.4, -0.2) is 50.5 Å². The van der Waals surface area contributed by atoms with E-state index < -0.39 is 12.4 Å². The minimum atomic E-state index is -4.76. The molecule has 4 aromatic rings. The molecule has 0 spiro atoms. The molecular formula is C30H27F3N6O3S. The molecule has 5 rings (SSSR count). The van der Waals surface area contributed by atoms with Gasteiger partial charge < -0.3 is 10.1 Å². The Morgan fingerprint density at radius 3 is 2.49 bits per heavy atom. The summed E-state index contributed by atoms with van der Waals surface area (Å²) < 4.78 is 42.5. The highest BCUT2D eigenvalue weighted by Crippen LogP contribution is 2.33. The number of ether oxygens (including phenoxy) is 1. The number of aromatic nitrogens is 3. The number of carbonyl (C=O) groups excluding carboxylic acids is 2. The van der Waals surface area contributed by atoms with Gasteiger partial charge in [-0.2, -0.15) is 4.99 Å². The third kappa shape index (κ3) is 7.41. The van der Waals surface area contributed by atoms with Gasteiger partial charge in [-0.3, -0.25) is 9.69 Å². The van der Waals surface area contributed by atoms with E-state index in [2.05, 4.69) is 39.0 Å². The first-order valence-electron chi connectivity index (χ1n) is 13.4. The molecular weight excluding hydrogens is 581 g/mol. The second-order valence-electron chi connectivity index (χ2n) is 9.86. The van der Waals surface area contributed by atoms with E-state index in [1.165, 1.54) is 51.9 Å². The highest BCUT2D eigenvalue weighted by Gasteiger charge is 2.32. The largest absolute Gasteiger partial charge is 0.573 e. The molecule has 1 saturated heterocycles. The van der Waals surface area contributed by atoms with E-state index in [-0.39, 0.29) is 23.3 Å². The summed E-state index contributed by atoms with van der Waals surface area (Å²) in [6.45, 7) is 4.44. The number of amidine groups is 1. The van der Waals surface area contributed by atoms with Crippen LogP contribution in [0.1, 0.15) is 30.9 Å². The number of hydrogen-bond acceptors (Lipinski definition) is 6. The van der Waals surface area contributed by atoms with Crippen molar-refractivity contribution in [2.75, 3.05) is 17.2 Å². The van der Waals surface area contributed by atoms with Crippen molar-refractivity contribution in [3.63, 3.8) is 0 Å². The molecule has 222 valence electrons. The van der Waals surface area contributed by atoms with Crippen molar-refractivity contribution in [3.8, 4) is 22.8 Å². The molecule has 9 nitrogen and oxygen atoms in total. The monoisotopic (exact) mass is 608 g/mol. The number of aliphatic imine (C=N–C) groups is 1. The van der Waals surface area contributed by atoms with Crippen molar-refractivity contribution in [1.82, 2.24) is 20.1 Å². The third-order valence-electron chi connectivity index (χ3n) is 6.49. The van der Waals surface area contributed by atoms with Crippen LogP contribution in [-0.2, 0) is 11.2 Å². The normalized spacial score (nSPS) is 14.5. The van der Waals surface area contributed by atoms with Gasteiger partial charge in [0.1, 0.15) is 12.1 Å². The number of rotatable bonds is 8. The first-order valence-corrected chi connectivity index (χ1v) is 14.3. The predicted molar refractivity (Wildman–Crippen MR) is 158 cm³/mol. The molecule has 1 aliphatic heterocycles. The number of hydrogen-bond donors (Lipinski definition) is 1. The fourth-order valence-corrected chi connectivity index (χ4v) is 5.30. The Labute approximate surface area is 249 Å². The minimum absolute atomic E-state index is 0.113. The number of para-hydroxylation sites is 1. The van der Waals surface area contributed by atoms with Crippen LogP contribution in [0, 0.1) is 0 Å². The van der Waals surface area contributed by atoms with E-state index in [4.69, 9.17) is 0 Å². The lowest BCUT2D eigenvalue weighted by Crippen LogP contribution is -2.32. The summed E-state index contributed by atoms with van der Waals surface area (Å²) >= 11 is 1.24.